The zero-order valence-electron chi connectivity index (χ0n) is 16.1. The zero-order valence-corrected chi connectivity index (χ0v) is 16.8. The highest BCUT2D eigenvalue weighted by atomic mass is 35.5. The average Bonchev–Trinajstić information content (AvgIpc) is 2.74. The van der Waals surface area contributed by atoms with Gasteiger partial charge in [-0.2, -0.15) is 0 Å². The summed E-state index contributed by atoms with van der Waals surface area (Å²) in [6.45, 7) is 2.22. The van der Waals surface area contributed by atoms with E-state index in [2.05, 4.69) is 5.32 Å². The van der Waals surface area contributed by atoms with Gasteiger partial charge in [-0.25, -0.2) is 0 Å². The number of carbonyl (C=O) groups is 2. The minimum Gasteiger partial charge on any atom is -0.350 e. The summed E-state index contributed by atoms with van der Waals surface area (Å²) in [6, 6.07) is 24.2. The summed E-state index contributed by atoms with van der Waals surface area (Å²) in [6.07, 6.45) is 0.429. The molecule has 0 aromatic heterocycles. The molecule has 0 radical (unpaired) electrons. The predicted octanol–water partition coefficient (Wildman–Crippen LogP) is 4.62. The number of amides is 2. The van der Waals surface area contributed by atoms with Crippen LogP contribution < -0.4 is 10.2 Å². The number of hydrogen-bond donors (Lipinski definition) is 1. The second kappa shape index (κ2) is 7.72. The summed E-state index contributed by atoms with van der Waals surface area (Å²) in [7, 11) is 0. The summed E-state index contributed by atoms with van der Waals surface area (Å²) in [4.78, 5) is 28.4. The van der Waals surface area contributed by atoms with Crippen molar-refractivity contribution < 1.29 is 9.59 Å². The number of fused-ring (bicyclic) bond motifs is 1. The number of rotatable bonds is 4. The van der Waals surface area contributed by atoms with Gasteiger partial charge in [-0.3, -0.25) is 14.5 Å². The monoisotopic (exact) mass is 404 g/mol. The van der Waals surface area contributed by atoms with E-state index in [1.165, 1.54) is 0 Å². The Kier molecular flexibility index (Phi) is 5.12. The van der Waals surface area contributed by atoms with Crippen molar-refractivity contribution in [2.45, 2.75) is 25.4 Å². The molecule has 2 amide bonds. The fraction of sp³-hybridized carbons (Fsp3) is 0.167. The highest BCUT2D eigenvalue weighted by Gasteiger charge is 2.47. The third-order valence-corrected chi connectivity index (χ3v) is 5.60. The van der Waals surface area contributed by atoms with Gasteiger partial charge in [-0.05, 0) is 48.4 Å². The Morgan fingerprint density at radius 1 is 1.00 bits per heavy atom. The molecular formula is C24H21ClN2O2. The Morgan fingerprint density at radius 2 is 1.66 bits per heavy atom. The van der Waals surface area contributed by atoms with Gasteiger partial charge in [0, 0.05) is 29.2 Å². The fourth-order valence-electron chi connectivity index (χ4n) is 3.82. The molecule has 5 heteroatoms. The normalized spacial score (nSPS) is 18.3. The third kappa shape index (κ3) is 3.64. The number of nitrogens with zero attached hydrogens (tertiary/aromatic N) is 1. The topological polar surface area (TPSA) is 49.4 Å². The van der Waals surface area contributed by atoms with Gasteiger partial charge in [0.1, 0.15) is 5.54 Å². The first-order valence-electron chi connectivity index (χ1n) is 9.49. The molecule has 4 nitrogen and oxygen atoms in total. The SMILES string of the molecule is C[C@@]1(C(=O)NCc2ccccc2)Cc2ccccc2C(=O)N1c1ccc(Cl)cc1. The molecule has 29 heavy (non-hydrogen) atoms. The zero-order chi connectivity index (χ0) is 20.4. The van der Waals surface area contributed by atoms with Crippen LogP contribution in [-0.2, 0) is 17.8 Å². The molecule has 3 aromatic carbocycles. The number of carbonyl (C=O) groups excluding carboxylic acids is 2. The molecule has 146 valence electrons. The molecule has 1 atom stereocenters. The molecule has 0 unspecified atom stereocenters. The Balaban J connectivity index is 1.71. The van der Waals surface area contributed by atoms with Crippen LogP contribution in [-0.4, -0.2) is 17.4 Å². The molecule has 3 aromatic rings. The number of hydrogen-bond acceptors (Lipinski definition) is 2. The molecule has 1 aliphatic rings. The van der Waals surface area contributed by atoms with E-state index < -0.39 is 5.54 Å². The standard InChI is InChI=1S/C24H21ClN2O2/c1-24(23(29)26-16-17-7-3-2-4-8-17)15-18-9-5-6-10-21(18)22(28)27(24)20-13-11-19(25)12-14-20/h2-14H,15-16H2,1H3,(H,26,29)/t24-/m0/s1. The van der Waals surface area contributed by atoms with Crippen LogP contribution in [0.2, 0.25) is 5.02 Å². The summed E-state index contributed by atoms with van der Waals surface area (Å²) in [5.74, 6) is -0.384. The van der Waals surface area contributed by atoms with Crippen LogP contribution in [0.4, 0.5) is 5.69 Å². The summed E-state index contributed by atoms with van der Waals surface area (Å²) in [5, 5.41) is 3.59. The van der Waals surface area contributed by atoms with Crippen LogP contribution in [0.5, 0.6) is 0 Å². The van der Waals surface area contributed by atoms with Gasteiger partial charge in [-0.15, -0.1) is 0 Å². The fourth-order valence-corrected chi connectivity index (χ4v) is 3.95. The molecular weight excluding hydrogens is 384 g/mol. The van der Waals surface area contributed by atoms with Gasteiger partial charge in [0.15, 0.2) is 0 Å². The maximum Gasteiger partial charge on any atom is 0.259 e. The molecule has 0 fully saturated rings. The summed E-state index contributed by atoms with van der Waals surface area (Å²) >= 11 is 6.04. The molecule has 1 heterocycles. The first-order chi connectivity index (χ1) is 14.0. The van der Waals surface area contributed by atoms with Crippen LogP contribution >= 0.6 is 11.6 Å². The van der Waals surface area contributed by atoms with Crippen molar-refractivity contribution >= 4 is 29.1 Å². The van der Waals surface area contributed by atoms with Crippen molar-refractivity contribution in [3.63, 3.8) is 0 Å². The molecule has 1 aliphatic heterocycles. The highest BCUT2D eigenvalue weighted by molar-refractivity contribution is 6.30. The van der Waals surface area contributed by atoms with E-state index in [-0.39, 0.29) is 11.8 Å². The van der Waals surface area contributed by atoms with E-state index in [4.69, 9.17) is 11.6 Å². The van der Waals surface area contributed by atoms with Crippen LogP contribution in [0.25, 0.3) is 0 Å². The maximum atomic E-state index is 13.4. The maximum absolute atomic E-state index is 13.4. The molecule has 0 saturated heterocycles. The summed E-state index contributed by atoms with van der Waals surface area (Å²) < 4.78 is 0. The van der Waals surface area contributed by atoms with E-state index in [9.17, 15) is 9.59 Å². The highest BCUT2D eigenvalue weighted by Crippen LogP contribution is 2.36. The minimum absolute atomic E-state index is 0.188. The Morgan fingerprint density at radius 3 is 2.38 bits per heavy atom. The van der Waals surface area contributed by atoms with E-state index in [0.717, 1.165) is 11.1 Å². The van der Waals surface area contributed by atoms with Gasteiger partial charge < -0.3 is 5.32 Å². The third-order valence-electron chi connectivity index (χ3n) is 5.35. The quantitative estimate of drug-likeness (QED) is 0.689. The lowest BCUT2D eigenvalue weighted by Gasteiger charge is -2.44. The largest absolute Gasteiger partial charge is 0.350 e. The lowest BCUT2D eigenvalue weighted by Crippen LogP contribution is -2.63. The molecule has 0 spiro atoms. The van der Waals surface area contributed by atoms with Crippen molar-refractivity contribution in [3.05, 3.63) is 101 Å². The number of nitrogens with one attached hydrogen (secondary N) is 1. The Labute approximate surface area is 175 Å². The van der Waals surface area contributed by atoms with Crippen molar-refractivity contribution in [2.24, 2.45) is 0 Å². The van der Waals surface area contributed by atoms with Crippen LogP contribution in [0.1, 0.15) is 28.4 Å². The van der Waals surface area contributed by atoms with Crippen LogP contribution in [0.15, 0.2) is 78.9 Å². The van der Waals surface area contributed by atoms with E-state index >= 15 is 0 Å². The second-order valence-electron chi connectivity index (χ2n) is 7.39. The molecule has 4 rings (SSSR count). The average molecular weight is 405 g/mol. The van der Waals surface area contributed by atoms with Gasteiger partial charge in [-0.1, -0.05) is 60.1 Å². The van der Waals surface area contributed by atoms with Crippen molar-refractivity contribution in [3.8, 4) is 0 Å². The van der Waals surface area contributed by atoms with E-state index in [1.807, 2.05) is 61.5 Å². The van der Waals surface area contributed by atoms with Gasteiger partial charge in [0.25, 0.3) is 5.91 Å². The van der Waals surface area contributed by atoms with E-state index in [1.54, 1.807) is 29.2 Å². The Hall–Kier alpha value is -3.11. The lowest BCUT2D eigenvalue weighted by molar-refractivity contribution is -0.126. The predicted molar refractivity (Wildman–Crippen MR) is 115 cm³/mol. The van der Waals surface area contributed by atoms with Crippen LogP contribution in [0.3, 0.4) is 0 Å². The van der Waals surface area contributed by atoms with Crippen molar-refractivity contribution in [2.75, 3.05) is 4.90 Å². The van der Waals surface area contributed by atoms with Crippen molar-refractivity contribution in [1.29, 1.82) is 0 Å². The summed E-state index contributed by atoms with van der Waals surface area (Å²) in [5.41, 5.74) is 2.08. The van der Waals surface area contributed by atoms with Crippen molar-refractivity contribution in [1.82, 2.24) is 5.32 Å². The van der Waals surface area contributed by atoms with Gasteiger partial charge in [0.05, 0.1) is 0 Å². The molecule has 0 saturated carbocycles. The minimum atomic E-state index is -1.06. The van der Waals surface area contributed by atoms with E-state index in [0.29, 0.717) is 29.2 Å². The number of anilines is 1. The molecule has 0 aliphatic carbocycles. The van der Waals surface area contributed by atoms with Crippen LogP contribution in [0, 0.1) is 0 Å². The second-order valence-corrected chi connectivity index (χ2v) is 7.83. The first kappa shape index (κ1) is 19.2. The lowest BCUT2D eigenvalue weighted by atomic mass is 9.82. The first-order valence-corrected chi connectivity index (χ1v) is 9.87. The van der Waals surface area contributed by atoms with Gasteiger partial charge >= 0.3 is 0 Å². The molecule has 1 N–H and O–H groups in total. The molecule has 0 bridgehead atoms. The smallest absolute Gasteiger partial charge is 0.259 e. The number of halogens is 1. The number of benzene rings is 3. The van der Waals surface area contributed by atoms with Gasteiger partial charge in [0.2, 0.25) is 5.91 Å². The Bertz CT molecular complexity index is 1050.